The summed E-state index contributed by atoms with van der Waals surface area (Å²) in [6.07, 6.45) is 3.27. The Morgan fingerprint density at radius 2 is 2.18 bits per heavy atom. The van der Waals surface area contributed by atoms with Gasteiger partial charge in [0.05, 0.1) is 5.69 Å². The van der Waals surface area contributed by atoms with Crippen LogP contribution in [0, 0.1) is 0 Å². The summed E-state index contributed by atoms with van der Waals surface area (Å²) < 4.78 is 1.81. The number of aromatic nitrogens is 4. The summed E-state index contributed by atoms with van der Waals surface area (Å²) in [4.78, 5) is 21.6. The van der Waals surface area contributed by atoms with Gasteiger partial charge in [0.25, 0.3) is 0 Å². The molecular weight excluding hydrogens is 240 g/mol. The Labute approximate surface area is 101 Å². The minimum Gasteiger partial charge on any atom is -0.304 e. The van der Waals surface area contributed by atoms with E-state index in [4.69, 9.17) is 11.6 Å². The van der Waals surface area contributed by atoms with Crippen LogP contribution in [0.1, 0.15) is 0 Å². The highest BCUT2D eigenvalue weighted by atomic mass is 35.5. The fourth-order valence-electron chi connectivity index (χ4n) is 1.71. The zero-order valence-corrected chi connectivity index (χ0v) is 9.35. The van der Waals surface area contributed by atoms with Gasteiger partial charge in [-0.2, -0.15) is 0 Å². The van der Waals surface area contributed by atoms with Crippen LogP contribution in [0.4, 0.5) is 0 Å². The second-order valence-electron chi connectivity index (χ2n) is 3.47. The van der Waals surface area contributed by atoms with Crippen LogP contribution >= 0.6 is 11.6 Å². The first-order valence-corrected chi connectivity index (χ1v) is 5.32. The standard InChI is InChI=1S/C11H7ClN4O/c12-10-9(7-4-5-13-11(17)14-7)16-6-2-1-3-8(16)15-10/h1-6H,(H,13,14,17). The van der Waals surface area contributed by atoms with Gasteiger partial charge >= 0.3 is 5.69 Å². The van der Waals surface area contributed by atoms with Gasteiger partial charge in [-0.15, -0.1) is 0 Å². The molecule has 84 valence electrons. The minimum absolute atomic E-state index is 0.345. The number of halogens is 1. The van der Waals surface area contributed by atoms with E-state index >= 15 is 0 Å². The third kappa shape index (κ3) is 1.60. The Balaban J connectivity index is 2.37. The predicted molar refractivity (Wildman–Crippen MR) is 64.1 cm³/mol. The van der Waals surface area contributed by atoms with Gasteiger partial charge in [-0.05, 0) is 18.2 Å². The monoisotopic (exact) mass is 246 g/mol. The number of aromatic amines is 1. The van der Waals surface area contributed by atoms with Crippen LogP contribution in [0.15, 0.2) is 41.5 Å². The number of rotatable bonds is 1. The molecule has 3 aromatic heterocycles. The summed E-state index contributed by atoms with van der Waals surface area (Å²) in [7, 11) is 0. The molecule has 0 saturated heterocycles. The number of pyridine rings is 1. The van der Waals surface area contributed by atoms with Crippen LogP contribution in [-0.4, -0.2) is 19.4 Å². The van der Waals surface area contributed by atoms with E-state index in [1.54, 1.807) is 6.07 Å². The Morgan fingerprint density at radius 3 is 3.00 bits per heavy atom. The normalized spacial score (nSPS) is 10.9. The molecule has 0 unspecified atom stereocenters. The zero-order valence-electron chi connectivity index (χ0n) is 8.59. The minimum atomic E-state index is -0.413. The summed E-state index contributed by atoms with van der Waals surface area (Å²) in [5.74, 6) is 0. The van der Waals surface area contributed by atoms with Crippen molar-refractivity contribution in [2.45, 2.75) is 0 Å². The van der Waals surface area contributed by atoms with E-state index < -0.39 is 5.69 Å². The molecule has 0 atom stereocenters. The van der Waals surface area contributed by atoms with Gasteiger partial charge in [0.1, 0.15) is 11.3 Å². The van der Waals surface area contributed by atoms with Crippen LogP contribution in [0.25, 0.3) is 17.0 Å². The van der Waals surface area contributed by atoms with E-state index in [1.807, 2.05) is 28.8 Å². The number of nitrogens with one attached hydrogen (secondary N) is 1. The van der Waals surface area contributed by atoms with Gasteiger partial charge in [-0.3, -0.25) is 4.40 Å². The molecule has 6 heteroatoms. The largest absolute Gasteiger partial charge is 0.345 e. The molecular formula is C11H7ClN4O. The van der Waals surface area contributed by atoms with E-state index in [1.165, 1.54) is 6.20 Å². The predicted octanol–water partition coefficient (Wildman–Crippen LogP) is 1.74. The second-order valence-corrected chi connectivity index (χ2v) is 3.83. The summed E-state index contributed by atoms with van der Waals surface area (Å²) >= 11 is 6.08. The van der Waals surface area contributed by atoms with Gasteiger partial charge in [0.2, 0.25) is 0 Å². The fraction of sp³-hybridized carbons (Fsp3) is 0. The van der Waals surface area contributed by atoms with Crippen molar-refractivity contribution < 1.29 is 0 Å². The van der Waals surface area contributed by atoms with Crippen molar-refractivity contribution in [3.8, 4) is 11.4 Å². The van der Waals surface area contributed by atoms with Crippen molar-refractivity contribution in [1.29, 1.82) is 0 Å². The van der Waals surface area contributed by atoms with Crippen molar-refractivity contribution >= 4 is 17.2 Å². The lowest BCUT2D eigenvalue weighted by atomic mass is 10.3. The lowest BCUT2D eigenvalue weighted by Gasteiger charge is -2.01. The van der Waals surface area contributed by atoms with Crippen LogP contribution in [0.2, 0.25) is 5.15 Å². The molecule has 3 heterocycles. The average molecular weight is 247 g/mol. The Morgan fingerprint density at radius 1 is 1.29 bits per heavy atom. The molecule has 3 rings (SSSR count). The van der Waals surface area contributed by atoms with Crippen LogP contribution in [-0.2, 0) is 0 Å². The van der Waals surface area contributed by atoms with Crippen LogP contribution in [0.3, 0.4) is 0 Å². The molecule has 0 bridgehead atoms. The Bertz CT molecular complexity index is 746. The number of imidazole rings is 1. The highest BCUT2D eigenvalue weighted by molar-refractivity contribution is 6.32. The number of hydrogen-bond acceptors (Lipinski definition) is 3. The van der Waals surface area contributed by atoms with Crippen molar-refractivity contribution in [3.63, 3.8) is 0 Å². The lowest BCUT2D eigenvalue weighted by Crippen LogP contribution is -2.09. The summed E-state index contributed by atoms with van der Waals surface area (Å²) in [5, 5.41) is 0.345. The van der Waals surface area contributed by atoms with Gasteiger partial charge in [-0.25, -0.2) is 14.8 Å². The maximum Gasteiger partial charge on any atom is 0.345 e. The van der Waals surface area contributed by atoms with Crippen molar-refractivity contribution in [1.82, 2.24) is 19.4 Å². The third-order valence-corrected chi connectivity index (χ3v) is 2.68. The Hall–Kier alpha value is -2.14. The quantitative estimate of drug-likeness (QED) is 0.711. The zero-order chi connectivity index (χ0) is 11.8. The highest BCUT2D eigenvalue weighted by Gasteiger charge is 2.12. The average Bonchev–Trinajstić information content (AvgIpc) is 2.64. The van der Waals surface area contributed by atoms with E-state index in [0.717, 1.165) is 5.65 Å². The maximum atomic E-state index is 11.2. The third-order valence-electron chi connectivity index (χ3n) is 2.42. The topological polar surface area (TPSA) is 63.1 Å². The number of nitrogens with zero attached hydrogens (tertiary/aromatic N) is 3. The highest BCUT2D eigenvalue weighted by Crippen LogP contribution is 2.26. The summed E-state index contributed by atoms with van der Waals surface area (Å²) in [5.41, 5.74) is 1.56. The molecule has 5 nitrogen and oxygen atoms in total. The molecule has 3 aromatic rings. The molecule has 0 aliphatic heterocycles. The molecule has 17 heavy (non-hydrogen) atoms. The maximum absolute atomic E-state index is 11.2. The molecule has 0 saturated carbocycles. The molecule has 0 fully saturated rings. The first-order valence-electron chi connectivity index (χ1n) is 4.94. The fourth-order valence-corrected chi connectivity index (χ4v) is 1.99. The number of H-pyrrole nitrogens is 1. The molecule has 0 aromatic carbocycles. The van der Waals surface area contributed by atoms with E-state index in [9.17, 15) is 4.79 Å². The number of fused-ring (bicyclic) bond motifs is 1. The molecule has 1 N–H and O–H groups in total. The van der Waals surface area contributed by atoms with E-state index in [0.29, 0.717) is 16.5 Å². The van der Waals surface area contributed by atoms with Gasteiger partial charge in [-0.1, -0.05) is 17.7 Å². The molecule has 0 amide bonds. The lowest BCUT2D eigenvalue weighted by molar-refractivity contribution is 1.06. The first-order chi connectivity index (χ1) is 8.25. The number of hydrogen-bond donors (Lipinski definition) is 1. The van der Waals surface area contributed by atoms with Crippen LogP contribution < -0.4 is 5.69 Å². The smallest absolute Gasteiger partial charge is 0.304 e. The second kappa shape index (κ2) is 3.71. The molecule has 0 aliphatic rings. The van der Waals surface area contributed by atoms with E-state index in [-0.39, 0.29) is 0 Å². The molecule has 0 spiro atoms. The first kappa shape index (κ1) is 10.0. The van der Waals surface area contributed by atoms with Crippen LogP contribution in [0.5, 0.6) is 0 Å². The SMILES string of the molecule is O=c1nccc(-c2c(Cl)nc3ccccn23)[nH]1. The molecule has 0 aliphatic carbocycles. The van der Waals surface area contributed by atoms with Gasteiger partial charge < -0.3 is 4.98 Å². The van der Waals surface area contributed by atoms with E-state index in [2.05, 4.69) is 15.0 Å². The summed E-state index contributed by atoms with van der Waals surface area (Å²) in [6, 6.07) is 7.27. The molecule has 0 radical (unpaired) electrons. The van der Waals surface area contributed by atoms with Crippen molar-refractivity contribution in [2.24, 2.45) is 0 Å². The van der Waals surface area contributed by atoms with Gasteiger partial charge in [0, 0.05) is 12.4 Å². The van der Waals surface area contributed by atoms with Gasteiger partial charge in [0.15, 0.2) is 5.15 Å². The Kier molecular flexibility index (Phi) is 2.19. The van der Waals surface area contributed by atoms with Crippen molar-refractivity contribution in [3.05, 3.63) is 52.3 Å². The van der Waals surface area contributed by atoms with Crippen molar-refractivity contribution in [2.75, 3.05) is 0 Å². The summed E-state index contributed by atoms with van der Waals surface area (Å²) in [6.45, 7) is 0.